The maximum atomic E-state index is 5.12. The number of nitrogens with zero attached hydrogens (tertiary/aromatic N) is 5. The molecule has 4 aromatic carbocycles. The number of ether oxygens (including phenoxy) is 1. The second kappa shape index (κ2) is 43.8. The molecule has 3 aliphatic carbocycles. The smallest absolute Gasteiger partial charge is 0.118 e. The molecular formula is C69H93N5O. The average molecular weight is 1010 g/mol. The van der Waals surface area contributed by atoms with Crippen molar-refractivity contribution in [1.29, 1.82) is 0 Å². The van der Waals surface area contributed by atoms with Gasteiger partial charge in [-0.05, 0) is 150 Å². The number of allylic oxidation sites excluding steroid dienone is 12. The zero-order valence-electron chi connectivity index (χ0n) is 46.9. The molecule has 6 heteroatoms. The Kier molecular flexibility index (Phi) is 36.7. The van der Waals surface area contributed by atoms with Gasteiger partial charge >= 0.3 is 0 Å². The second-order valence-corrected chi connectivity index (χ2v) is 19.1. The summed E-state index contributed by atoms with van der Waals surface area (Å²) in [7, 11) is 1.69. The Hall–Kier alpha value is -6.53. The van der Waals surface area contributed by atoms with Crippen LogP contribution in [0.5, 0.6) is 5.75 Å². The molecule has 0 aliphatic heterocycles. The Balaban J connectivity index is 0.000000248. The summed E-state index contributed by atoms with van der Waals surface area (Å²) < 4.78 is 5.12. The Labute approximate surface area is 455 Å². The van der Waals surface area contributed by atoms with Crippen LogP contribution in [0.2, 0.25) is 0 Å². The predicted octanol–water partition coefficient (Wildman–Crippen LogP) is 19.8. The molecule has 3 fully saturated rings. The van der Waals surface area contributed by atoms with E-state index in [1.807, 2.05) is 172 Å². The molecule has 0 atom stereocenters. The van der Waals surface area contributed by atoms with E-state index in [9.17, 15) is 0 Å². The molecular weight excluding hydrogens is 915 g/mol. The summed E-state index contributed by atoms with van der Waals surface area (Å²) in [6.45, 7) is 10.5. The van der Waals surface area contributed by atoms with Crippen LogP contribution < -0.4 is 4.74 Å². The average Bonchev–Trinajstić information content (AvgIpc) is 3.48. The fraction of sp³-hybridized carbons (Fsp3) is 0.406. The van der Waals surface area contributed by atoms with E-state index in [4.69, 9.17) is 9.73 Å². The van der Waals surface area contributed by atoms with E-state index < -0.39 is 0 Å². The van der Waals surface area contributed by atoms with E-state index >= 15 is 0 Å². The highest BCUT2D eigenvalue weighted by atomic mass is 16.5. The van der Waals surface area contributed by atoms with E-state index in [-0.39, 0.29) is 0 Å². The van der Waals surface area contributed by atoms with E-state index in [2.05, 4.69) is 83.4 Å². The molecule has 0 saturated heterocycles. The topological polar surface area (TPSA) is 71.0 Å². The number of unbranched alkanes of at least 4 members (excludes halogenated alkanes) is 2. The van der Waals surface area contributed by atoms with Crippen molar-refractivity contribution in [2.24, 2.45) is 25.0 Å². The minimum atomic E-state index is 0.552. The Bertz CT molecular complexity index is 2330. The lowest BCUT2D eigenvalue weighted by Gasteiger charge is -2.17. The summed E-state index contributed by atoms with van der Waals surface area (Å²) in [6, 6.07) is 39.9. The molecule has 0 amide bonds. The van der Waals surface area contributed by atoms with Crippen molar-refractivity contribution in [2.45, 2.75) is 175 Å². The van der Waals surface area contributed by atoms with Gasteiger partial charge in [0.2, 0.25) is 0 Å². The molecule has 0 heterocycles. The number of benzene rings is 4. The lowest BCUT2D eigenvalue weighted by Crippen LogP contribution is -2.09. The maximum Gasteiger partial charge on any atom is 0.118 e. The van der Waals surface area contributed by atoms with Gasteiger partial charge in [0.25, 0.3) is 0 Å². The first-order chi connectivity index (χ1) is 37.0. The van der Waals surface area contributed by atoms with Crippen molar-refractivity contribution in [2.75, 3.05) is 7.11 Å². The number of hydrogen-bond acceptors (Lipinski definition) is 6. The number of aliphatic imine (C=N–C) groups is 5. The third-order valence-corrected chi connectivity index (χ3v) is 12.8. The van der Waals surface area contributed by atoms with Crippen LogP contribution in [0, 0.1) is 0 Å². The predicted molar refractivity (Wildman–Crippen MR) is 332 cm³/mol. The van der Waals surface area contributed by atoms with Crippen molar-refractivity contribution >= 4 is 42.4 Å². The number of methoxy groups -OCH3 is 1. The van der Waals surface area contributed by atoms with Crippen LogP contribution in [0.1, 0.15) is 168 Å². The van der Waals surface area contributed by atoms with Crippen molar-refractivity contribution in [3.63, 3.8) is 0 Å². The van der Waals surface area contributed by atoms with E-state index in [1.54, 1.807) is 13.3 Å². The van der Waals surface area contributed by atoms with E-state index in [0.29, 0.717) is 18.1 Å². The quantitative estimate of drug-likeness (QED) is 0.0556. The molecule has 75 heavy (non-hydrogen) atoms. The molecule has 0 unspecified atom stereocenters. The van der Waals surface area contributed by atoms with Crippen LogP contribution in [0.4, 0.5) is 11.4 Å². The fourth-order valence-electron chi connectivity index (χ4n) is 8.29. The zero-order chi connectivity index (χ0) is 53.5. The Morgan fingerprint density at radius 1 is 0.520 bits per heavy atom. The molecule has 0 N–H and O–H groups in total. The van der Waals surface area contributed by atoms with Gasteiger partial charge in [-0.1, -0.05) is 205 Å². The summed E-state index contributed by atoms with van der Waals surface area (Å²) >= 11 is 0. The van der Waals surface area contributed by atoms with E-state index in [0.717, 1.165) is 29.1 Å². The molecule has 0 aromatic heterocycles. The van der Waals surface area contributed by atoms with Gasteiger partial charge < -0.3 is 4.74 Å². The molecule has 3 aliphatic rings. The van der Waals surface area contributed by atoms with Gasteiger partial charge in [-0.2, -0.15) is 0 Å². The largest absolute Gasteiger partial charge is 0.497 e. The van der Waals surface area contributed by atoms with Gasteiger partial charge in [0, 0.05) is 49.2 Å². The van der Waals surface area contributed by atoms with Crippen molar-refractivity contribution in [3.05, 3.63) is 198 Å². The van der Waals surface area contributed by atoms with Gasteiger partial charge in [0.05, 0.1) is 18.5 Å². The summed E-state index contributed by atoms with van der Waals surface area (Å²) in [4.78, 5) is 22.5. The molecule has 7 rings (SSSR count). The first kappa shape index (κ1) is 62.8. The standard InChI is InChI=1S/C15H17N.C15H27N.C14H19NO.C13H17N.C12H13N/c1-3-4-9-14(2)10-8-13-16-15-11-6-5-7-12-15;1-3-5-7-10-14(4-2)13-16-15-11-8-6-9-12-15;1-16-14-9-7-12(8-10-14)11-15-13-5-3-2-4-6-13;1-3-7-12(8-4-1)11-14-13-9-5-2-6-10-13;1-2-3-4-8-11-13-12-9-6-5-7-10-12/h3-13H,1-2H3;10,13,15H,3-9,11-12H2,1-2H3;7-11,13H,2-6H2,1H3;1,3-4,7-8,11,13H,2,5-6,9-10H2;2-11H,1H3/b4-3+,10-8+,14-9+,16-13?;14-10+,16-13?;;;3-2+,8-4+,13-11?. The third kappa shape index (κ3) is 33.1. The molecule has 0 bridgehead atoms. The second-order valence-electron chi connectivity index (χ2n) is 19.1. The van der Waals surface area contributed by atoms with Crippen LogP contribution in [0.15, 0.2) is 212 Å². The number of rotatable bonds is 18. The molecule has 6 nitrogen and oxygen atoms in total. The molecule has 0 radical (unpaired) electrons. The number of para-hydroxylation sites is 2. The summed E-state index contributed by atoms with van der Waals surface area (Å²) in [6.07, 6.45) is 55.0. The first-order valence-electron chi connectivity index (χ1n) is 28.4. The molecule has 4 aromatic rings. The lowest BCUT2D eigenvalue weighted by molar-refractivity contribution is 0.415. The van der Waals surface area contributed by atoms with Gasteiger partial charge in [0.15, 0.2) is 0 Å². The van der Waals surface area contributed by atoms with Crippen molar-refractivity contribution in [3.8, 4) is 5.75 Å². The van der Waals surface area contributed by atoms with Crippen LogP contribution in [0.25, 0.3) is 0 Å². The Morgan fingerprint density at radius 3 is 1.45 bits per heavy atom. The SMILES string of the molecule is C(=NC1CCCCC1)c1ccccc1.C/C=C/C=C(C)/C=C/C=Nc1ccccc1.C/C=C/C=C/C=Nc1ccccc1.CCCC/C=C(/C=NC1CCCCC1)CC.COc1ccc(C=NC2CCCCC2)cc1. The maximum absolute atomic E-state index is 5.12. The third-order valence-electron chi connectivity index (χ3n) is 12.8. The van der Waals surface area contributed by atoms with Crippen LogP contribution in [0.3, 0.4) is 0 Å². The first-order valence-corrected chi connectivity index (χ1v) is 28.4. The van der Waals surface area contributed by atoms with Crippen LogP contribution in [-0.4, -0.2) is 56.3 Å². The van der Waals surface area contributed by atoms with Gasteiger partial charge in [0.1, 0.15) is 5.75 Å². The molecule has 3 saturated carbocycles. The fourth-order valence-corrected chi connectivity index (χ4v) is 8.29. The van der Waals surface area contributed by atoms with Crippen molar-refractivity contribution in [1.82, 2.24) is 0 Å². The highest BCUT2D eigenvalue weighted by molar-refractivity contribution is 5.80. The molecule has 400 valence electrons. The summed E-state index contributed by atoms with van der Waals surface area (Å²) in [5, 5.41) is 0. The van der Waals surface area contributed by atoms with Gasteiger partial charge in [-0.25, -0.2) is 0 Å². The lowest BCUT2D eigenvalue weighted by atomic mass is 9.96. The molecule has 0 spiro atoms. The van der Waals surface area contributed by atoms with Crippen LogP contribution >= 0.6 is 0 Å². The summed E-state index contributed by atoms with van der Waals surface area (Å²) in [5.41, 5.74) is 6.97. The summed E-state index contributed by atoms with van der Waals surface area (Å²) in [5.74, 6) is 0.898. The van der Waals surface area contributed by atoms with Crippen LogP contribution in [-0.2, 0) is 0 Å². The highest BCUT2D eigenvalue weighted by Crippen LogP contribution is 2.22. The zero-order valence-corrected chi connectivity index (χ0v) is 46.9. The van der Waals surface area contributed by atoms with Gasteiger partial charge in [-0.15, -0.1) is 0 Å². The Morgan fingerprint density at radius 2 is 0.987 bits per heavy atom. The minimum Gasteiger partial charge on any atom is -0.497 e. The minimum absolute atomic E-state index is 0.552. The van der Waals surface area contributed by atoms with E-state index in [1.165, 1.54) is 132 Å². The number of hydrogen-bond donors (Lipinski definition) is 0. The normalized spacial score (nSPS) is 16.4. The monoisotopic (exact) mass is 1010 g/mol. The van der Waals surface area contributed by atoms with Gasteiger partial charge in [-0.3, -0.25) is 25.0 Å². The highest BCUT2D eigenvalue weighted by Gasteiger charge is 2.12. The van der Waals surface area contributed by atoms with Crippen molar-refractivity contribution < 1.29 is 4.74 Å².